The average molecular weight is 196 g/mol. The highest BCUT2D eigenvalue weighted by Gasteiger charge is 2.17. The Morgan fingerprint density at radius 3 is 3.00 bits per heavy atom. The smallest absolute Gasteiger partial charge is 0.0530 e. The zero-order valence-electron chi connectivity index (χ0n) is 8.07. The third kappa shape index (κ3) is 2.08. The standard InChI is InChI=1S/C10H16N2S/c1-13-8-9-6-11-12(7-9)10-4-2-3-5-10/h6-7,10H,2-5,8H2,1H3. The molecule has 13 heavy (non-hydrogen) atoms. The van der Waals surface area contributed by atoms with E-state index in [4.69, 9.17) is 0 Å². The molecular formula is C10H16N2S. The summed E-state index contributed by atoms with van der Waals surface area (Å²) in [6.07, 6.45) is 11.7. The number of thioether (sulfide) groups is 1. The largest absolute Gasteiger partial charge is 0.269 e. The van der Waals surface area contributed by atoms with E-state index in [0.717, 1.165) is 5.75 Å². The summed E-state index contributed by atoms with van der Waals surface area (Å²) in [6, 6.07) is 0.690. The van der Waals surface area contributed by atoms with Gasteiger partial charge in [-0.15, -0.1) is 0 Å². The molecule has 0 spiro atoms. The van der Waals surface area contributed by atoms with E-state index in [2.05, 4.69) is 22.2 Å². The van der Waals surface area contributed by atoms with Crippen LogP contribution in [0.3, 0.4) is 0 Å². The van der Waals surface area contributed by atoms with E-state index < -0.39 is 0 Å². The summed E-state index contributed by atoms with van der Waals surface area (Å²) in [5.74, 6) is 1.09. The molecule has 0 bridgehead atoms. The summed E-state index contributed by atoms with van der Waals surface area (Å²) in [7, 11) is 0. The lowest BCUT2D eigenvalue weighted by Crippen LogP contribution is -2.04. The van der Waals surface area contributed by atoms with Crippen LogP contribution in [-0.4, -0.2) is 16.0 Å². The van der Waals surface area contributed by atoms with Gasteiger partial charge in [0.25, 0.3) is 0 Å². The highest BCUT2D eigenvalue weighted by molar-refractivity contribution is 7.97. The van der Waals surface area contributed by atoms with Crippen LogP contribution >= 0.6 is 11.8 Å². The minimum absolute atomic E-state index is 0.690. The maximum atomic E-state index is 4.42. The second kappa shape index (κ2) is 4.18. The number of hydrogen-bond acceptors (Lipinski definition) is 2. The summed E-state index contributed by atoms with van der Waals surface area (Å²) in [5, 5.41) is 4.42. The monoisotopic (exact) mass is 196 g/mol. The van der Waals surface area contributed by atoms with Gasteiger partial charge in [0, 0.05) is 11.9 Å². The van der Waals surface area contributed by atoms with Crippen LogP contribution in [0.5, 0.6) is 0 Å². The van der Waals surface area contributed by atoms with Gasteiger partial charge in [-0.25, -0.2) is 0 Å². The highest BCUT2D eigenvalue weighted by Crippen LogP contribution is 2.29. The Bertz CT molecular complexity index is 264. The lowest BCUT2D eigenvalue weighted by molar-refractivity contribution is 0.466. The Hall–Kier alpha value is -0.440. The Labute approximate surface area is 83.7 Å². The Balaban J connectivity index is 2.03. The average Bonchev–Trinajstić information content (AvgIpc) is 2.70. The Morgan fingerprint density at radius 1 is 1.54 bits per heavy atom. The number of nitrogens with zero attached hydrogens (tertiary/aromatic N) is 2. The van der Waals surface area contributed by atoms with E-state index in [1.54, 1.807) is 0 Å². The second-order valence-corrected chi connectivity index (χ2v) is 4.57. The van der Waals surface area contributed by atoms with Gasteiger partial charge in [0.05, 0.1) is 12.2 Å². The molecule has 2 nitrogen and oxygen atoms in total. The van der Waals surface area contributed by atoms with Gasteiger partial charge < -0.3 is 0 Å². The Morgan fingerprint density at radius 2 is 2.31 bits per heavy atom. The maximum Gasteiger partial charge on any atom is 0.0530 e. The van der Waals surface area contributed by atoms with Gasteiger partial charge in [-0.3, -0.25) is 4.68 Å². The van der Waals surface area contributed by atoms with Crippen LogP contribution in [0.25, 0.3) is 0 Å². The predicted octanol–water partition coefficient (Wildman–Crippen LogP) is 2.86. The van der Waals surface area contributed by atoms with Crippen LogP contribution in [0, 0.1) is 0 Å². The quantitative estimate of drug-likeness (QED) is 0.740. The lowest BCUT2D eigenvalue weighted by atomic mass is 10.2. The fourth-order valence-electron chi connectivity index (χ4n) is 1.99. The summed E-state index contributed by atoms with van der Waals surface area (Å²) >= 11 is 1.86. The normalized spacial score (nSPS) is 18.2. The van der Waals surface area contributed by atoms with Crippen molar-refractivity contribution in [3.05, 3.63) is 18.0 Å². The van der Waals surface area contributed by atoms with Gasteiger partial charge in [-0.05, 0) is 24.7 Å². The first-order valence-corrected chi connectivity index (χ1v) is 6.31. The van der Waals surface area contributed by atoms with E-state index in [-0.39, 0.29) is 0 Å². The van der Waals surface area contributed by atoms with Gasteiger partial charge in [0.2, 0.25) is 0 Å². The molecule has 0 radical (unpaired) electrons. The Kier molecular flexibility index (Phi) is 2.94. The first kappa shape index (κ1) is 9.13. The van der Waals surface area contributed by atoms with Crippen molar-refractivity contribution in [2.45, 2.75) is 37.5 Å². The molecule has 0 saturated heterocycles. The molecule has 0 aromatic carbocycles. The fourth-order valence-corrected chi connectivity index (χ4v) is 2.47. The van der Waals surface area contributed by atoms with E-state index in [1.807, 2.05) is 18.0 Å². The first-order chi connectivity index (χ1) is 6.40. The van der Waals surface area contributed by atoms with Crippen molar-refractivity contribution in [3.8, 4) is 0 Å². The molecule has 1 aromatic heterocycles. The molecule has 1 aromatic rings. The molecule has 1 saturated carbocycles. The number of hydrogen-bond donors (Lipinski definition) is 0. The molecule has 3 heteroatoms. The zero-order chi connectivity index (χ0) is 9.10. The third-order valence-corrected chi connectivity index (χ3v) is 3.29. The SMILES string of the molecule is CSCc1cnn(C2CCCC2)c1. The van der Waals surface area contributed by atoms with E-state index in [0.29, 0.717) is 6.04 Å². The molecule has 0 unspecified atom stereocenters. The van der Waals surface area contributed by atoms with Crippen molar-refractivity contribution in [2.24, 2.45) is 0 Å². The molecule has 0 atom stereocenters. The van der Waals surface area contributed by atoms with Crippen molar-refractivity contribution >= 4 is 11.8 Å². The summed E-state index contributed by atoms with van der Waals surface area (Å²) in [4.78, 5) is 0. The van der Waals surface area contributed by atoms with Crippen LogP contribution in [0.2, 0.25) is 0 Å². The van der Waals surface area contributed by atoms with Gasteiger partial charge in [-0.2, -0.15) is 16.9 Å². The van der Waals surface area contributed by atoms with Crippen LogP contribution in [0.15, 0.2) is 12.4 Å². The van der Waals surface area contributed by atoms with Crippen LogP contribution in [0.1, 0.15) is 37.3 Å². The minimum Gasteiger partial charge on any atom is -0.269 e. The zero-order valence-corrected chi connectivity index (χ0v) is 8.89. The van der Waals surface area contributed by atoms with Crippen molar-refractivity contribution in [1.29, 1.82) is 0 Å². The molecule has 1 aliphatic carbocycles. The van der Waals surface area contributed by atoms with Gasteiger partial charge in [0.1, 0.15) is 0 Å². The minimum atomic E-state index is 0.690. The molecule has 72 valence electrons. The number of rotatable bonds is 3. The molecule has 1 fully saturated rings. The van der Waals surface area contributed by atoms with Crippen LogP contribution in [0.4, 0.5) is 0 Å². The van der Waals surface area contributed by atoms with E-state index in [9.17, 15) is 0 Å². The predicted molar refractivity (Wildman–Crippen MR) is 57.0 cm³/mol. The molecular weight excluding hydrogens is 180 g/mol. The lowest BCUT2D eigenvalue weighted by Gasteiger charge is -2.08. The number of aromatic nitrogens is 2. The molecule has 0 aliphatic heterocycles. The second-order valence-electron chi connectivity index (χ2n) is 3.70. The van der Waals surface area contributed by atoms with Crippen molar-refractivity contribution < 1.29 is 0 Å². The first-order valence-electron chi connectivity index (χ1n) is 4.92. The van der Waals surface area contributed by atoms with Crippen molar-refractivity contribution in [3.63, 3.8) is 0 Å². The van der Waals surface area contributed by atoms with Gasteiger partial charge in [-0.1, -0.05) is 12.8 Å². The van der Waals surface area contributed by atoms with Crippen molar-refractivity contribution in [2.75, 3.05) is 6.26 Å². The highest BCUT2D eigenvalue weighted by atomic mass is 32.2. The molecule has 1 aliphatic rings. The van der Waals surface area contributed by atoms with E-state index >= 15 is 0 Å². The summed E-state index contributed by atoms with van der Waals surface area (Å²) in [5.41, 5.74) is 1.36. The molecule has 1 heterocycles. The van der Waals surface area contributed by atoms with Gasteiger partial charge >= 0.3 is 0 Å². The van der Waals surface area contributed by atoms with Crippen molar-refractivity contribution in [1.82, 2.24) is 9.78 Å². The van der Waals surface area contributed by atoms with Crippen LogP contribution in [-0.2, 0) is 5.75 Å². The third-order valence-electron chi connectivity index (χ3n) is 2.66. The maximum absolute atomic E-state index is 4.42. The fraction of sp³-hybridized carbons (Fsp3) is 0.700. The summed E-state index contributed by atoms with van der Waals surface area (Å²) < 4.78 is 2.17. The molecule has 0 amide bonds. The topological polar surface area (TPSA) is 17.8 Å². The molecule has 2 rings (SSSR count). The van der Waals surface area contributed by atoms with Gasteiger partial charge in [0.15, 0.2) is 0 Å². The van der Waals surface area contributed by atoms with E-state index in [1.165, 1.54) is 31.2 Å². The molecule has 0 N–H and O–H groups in total. The van der Waals surface area contributed by atoms with Crippen LogP contribution < -0.4 is 0 Å². The summed E-state index contributed by atoms with van der Waals surface area (Å²) in [6.45, 7) is 0.